The zero-order valence-corrected chi connectivity index (χ0v) is 8.41. The fraction of sp³-hybridized carbons (Fsp3) is 0.700. The van der Waals surface area contributed by atoms with Gasteiger partial charge >= 0.3 is 5.97 Å². The molecule has 0 saturated heterocycles. The van der Waals surface area contributed by atoms with Gasteiger partial charge in [0.05, 0.1) is 13.2 Å². The van der Waals surface area contributed by atoms with Gasteiger partial charge in [-0.25, -0.2) is 4.79 Å². The van der Waals surface area contributed by atoms with E-state index < -0.39 is 6.10 Å². The summed E-state index contributed by atoms with van der Waals surface area (Å²) in [5.41, 5.74) is 0. The molecule has 0 aliphatic carbocycles. The first-order chi connectivity index (χ1) is 6.22. The lowest BCUT2D eigenvalue weighted by atomic mass is 10.3. The minimum Gasteiger partial charge on any atom is -0.464 e. The van der Waals surface area contributed by atoms with Crippen LogP contribution in [0.3, 0.4) is 0 Å². The van der Waals surface area contributed by atoms with E-state index in [2.05, 4.69) is 6.58 Å². The van der Waals surface area contributed by atoms with Gasteiger partial charge in [0.2, 0.25) is 0 Å². The van der Waals surface area contributed by atoms with E-state index in [1.165, 1.54) is 0 Å². The second kappa shape index (κ2) is 7.80. The molecule has 0 aromatic heterocycles. The van der Waals surface area contributed by atoms with E-state index in [0.717, 1.165) is 12.8 Å². The van der Waals surface area contributed by atoms with Crippen LogP contribution < -0.4 is 0 Å². The molecule has 0 fully saturated rings. The molecule has 0 aromatic carbocycles. The molecule has 13 heavy (non-hydrogen) atoms. The molecular formula is C10H18O3. The van der Waals surface area contributed by atoms with E-state index in [1.807, 2.05) is 6.92 Å². The van der Waals surface area contributed by atoms with Gasteiger partial charge in [-0.1, -0.05) is 19.4 Å². The lowest BCUT2D eigenvalue weighted by Gasteiger charge is -2.10. The Hall–Kier alpha value is -0.830. The first-order valence-corrected chi connectivity index (χ1v) is 4.61. The maximum Gasteiger partial charge on any atom is 0.334 e. The molecule has 0 amide bonds. The Morgan fingerprint density at radius 3 is 2.85 bits per heavy atom. The lowest BCUT2D eigenvalue weighted by Crippen LogP contribution is -2.23. The van der Waals surface area contributed by atoms with Crippen LogP contribution in [-0.4, -0.2) is 25.3 Å². The van der Waals surface area contributed by atoms with Crippen molar-refractivity contribution in [2.75, 3.05) is 13.2 Å². The molecule has 1 atom stereocenters. The summed E-state index contributed by atoms with van der Waals surface area (Å²) >= 11 is 0. The number of hydrogen-bond acceptors (Lipinski definition) is 3. The second-order valence-corrected chi connectivity index (χ2v) is 2.79. The first-order valence-electron chi connectivity index (χ1n) is 4.61. The van der Waals surface area contributed by atoms with Crippen molar-refractivity contribution in [1.29, 1.82) is 0 Å². The van der Waals surface area contributed by atoms with Gasteiger partial charge in [-0.2, -0.15) is 0 Å². The summed E-state index contributed by atoms with van der Waals surface area (Å²) in [7, 11) is 0. The largest absolute Gasteiger partial charge is 0.464 e. The van der Waals surface area contributed by atoms with Gasteiger partial charge in [0, 0.05) is 0 Å². The minimum absolute atomic E-state index is 0.296. The van der Waals surface area contributed by atoms with Crippen LogP contribution in [0.15, 0.2) is 12.7 Å². The van der Waals surface area contributed by atoms with Gasteiger partial charge in [0.15, 0.2) is 6.10 Å². The van der Waals surface area contributed by atoms with Gasteiger partial charge in [-0.15, -0.1) is 6.58 Å². The molecule has 76 valence electrons. The van der Waals surface area contributed by atoms with Crippen molar-refractivity contribution in [3.05, 3.63) is 12.7 Å². The van der Waals surface area contributed by atoms with E-state index in [1.54, 1.807) is 13.0 Å². The Bertz CT molecular complexity index is 154. The quantitative estimate of drug-likeness (QED) is 0.346. The highest BCUT2D eigenvalue weighted by Crippen LogP contribution is 1.96. The fourth-order valence-corrected chi connectivity index (χ4v) is 0.715. The summed E-state index contributed by atoms with van der Waals surface area (Å²) in [6.45, 7) is 8.08. The van der Waals surface area contributed by atoms with E-state index in [4.69, 9.17) is 9.47 Å². The third-order valence-electron chi connectivity index (χ3n) is 1.54. The highest BCUT2D eigenvalue weighted by molar-refractivity contribution is 5.74. The molecule has 0 saturated carbocycles. The van der Waals surface area contributed by atoms with Crippen molar-refractivity contribution in [2.45, 2.75) is 32.8 Å². The number of ether oxygens (including phenoxy) is 2. The zero-order chi connectivity index (χ0) is 10.1. The molecule has 0 spiro atoms. The molecule has 0 unspecified atom stereocenters. The second-order valence-electron chi connectivity index (χ2n) is 2.79. The predicted octanol–water partition coefficient (Wildman–Crippen LogP) is 1.92. The topological polar surface area (TPSA) is 35.5 Å². The van der Waals surface area contributed by atoms with Gasteiger partial charge in [0.1, 0.15) is 0 Å². The van der Waals surface area contributed by atoms with Crippen LogP contribution in [0.2, 0.25) is 0 Å². The number of esters is 1. The maximum atomic E-state index is 11.1. The standard InChI is InChI=1S/C10H18O3/c1-4-6-8-13-10(11)9(3)12-7-5-2/h5,9H,2,4,6-8H2,1,3H3/t9-/m1/s1. The third kappa shape index (κ3) is 6.34. The summed E-state index contributed by atoms with van der Waals surface area (Å²) in [4.78, 5) is 11.1. The molecule has 3 nitrogen and oxygen atoms in total. The van der Waals surface area contributed by atoms with Gasteiger partial charge < -0.3 is 9.47 Å². The smallest absolute Gasteiger partial charge is 0.334 e. The molecule has 0 aromatic rings. The van der Waals surface area contributed by atoms with Crippen LogP contribution >= 0.6 is 0 Å². The number of rotatable bonds is 7. The Kier molecular flexibility index (Phi) is 7.30. The monoisotopic (exact) mass is 186 g/mol. The van der Waals surface area contributed by atoms with Crippen LogP contribution in [0.1, 0.15) is 26.7 Å². The van der Waals surface area contributed by atoms with Crippen LogP contribution in [0, 0.1) is 0 Å². The minimum atomic E-state index is -0.491. The molecule has 0 N–H and O–H groups in total. The summed E-state index contributed by atoms with van der Waals surface area (Å²) in [5, 5.41) is 0. The van der Waals surface area contributed by atoms with Crippen LogP contribution in [0.25, 0.3) is 0 Å². The number of carbonyl (C=O) groups excluding carboxylic acids is 1. The first kappa shape index (κ1) is 12.2. The molecule has 0 heterocycles. The van der Waals surface area contributed by atoms with Gasteiger partial charge in [-0.3, -0.25) is 0 Å². The van der Waals surface area contributed by atoms with Crippen LogP contribution in [-0.2, 0) is 14.3 Å². The molecule has 0 aliphatic heterocycles. The third-order valence-corrected chi connectivity index (χ3v) is 1.54. The average Bonchev–Trinajstić information content (AvgIpc) is 2.14. The normalized spacial score (nSPS) is 12.2. The summed E-state index contributed by atoms with van der Waals surface area (Å²) in [6.07, 6.45) is 3.04. The van der Waals surface area contributed by atoms with E-state index in [-0.39, 0.29) is 5.97 Å². The summed E-state index contributed by atoms with van der Waals surface area (Å²) < 4.78 is 10.0. The van der Waals surface area contributed by atoms with Crippen molar-refractivity contribution in [2.24, 2.45) is 0 Å². The average molecular weight is 186 g/mol. The predicted molar refractivity (Wildman–Crippen MR) is 51.5 cm³/mol. The number of hydrogen-bond donors (Lipinski definition) is 0. The molecule has 0 radical (unpaired) electrons. The van der Waals surface area contributed by atoms with Crippen molar-refractivity contribution in [3.63, 3.8) is 0 Å². The highest BCUT2D eigenvalue weighted by atomic mass is 16.6. The Morgan fingerprint density at radius 1 is 1.62 bits per heavy atom. The zero-order valence-electron chi connectivity index (χ0n) is 8.41. The summed E-state index contributed by atoms with van der Waals surface area (Å²) in [6, 6.07) is 0. The SMILES string of the molecule is C=CCO[C@H](C)C(=O)OCCCC. The Labute approximate surface area is 79.7 Å². The number of carbonyl (C=O) groups is 1. The van der Waals surface area contributed by atoms with E-state index >= 15 is 0 Å². The molecule has 3 heteroatoms. The Morgan fingerprint density at radius 2 is 2.31 bits per heavy atom. The molecule has 0 aliphatic rings. The van der Waals surface area contributed by atoms with Crippen molar-refractivity contribution >= 4 is 5.97 Å². The van der Waals surface area contributed by atoms with Crippen molar-refractivity contribution in [3.8, 4) is 0 Å². The maximum absolute atomic E-state index is 11.1. The van der Waals surface area contributed by atoms with Crippen LogP contribution in [0.4, 0.5) is 0 Å². The van der Waals surface area contributed by atoms with Gasteiger partial charge in [0.25, 0.3) is 0 Å². The Balaban J connectivity index is 3.50. The van der Waals surface area contributed by atoms with Gasteiger partial charge in [-0.05, 0) is 13.3 Å². The van der Waals surface area contributed by atoms with Crippen LogP contribution in [0.5, 0.6) is 0 Å². The van der Waals surface area contributed by atoms with E-state index in [0.29, 0.717) is 13.2 Å². The number of unbranched alkanes of at least 4 members (excludes halogenated alkanes) is 1. The van der Waals surface area contributed by atoms with Crippen molar-refractivity contribution < 1.29 is 14.3 Å². The fourth-order valence-electron chi connectivity index (χ4n) is 0.715. The summed E-state index contributed by atoms with van der Waals surface area (Å²) in [5.74, 6) is -0.296. The molecule has 0 rings (SSSR count). The molecular weight excluding hydrogens is 168 g/mol. The molecule has 0 bridgehead atoms. The highest BCUT2D eigenvalue weighted by Gasteiger charge is 2.13. The lowest BCUT2D eigenvalue weighted by molar-refractivity contribution is -0.155. The van der Waals surface area contributed by atoms with Crippen molar-refractivity contribution in [1.82, 2.24) is 0 Å². The van der Waals surface area contributed by atoms with E-state index in [9.17, 15) is 4.79 Å².